The molecule has 0 aliphatic heterocycles. The summed E-state index contributed by atoms with van der Waals surface area (Å²) in [5, 5.41) is 11.0. The number of methoxy groups -OCH3 is 1. The summed E-state index contributed by atoms with van der Waals surface area (Å²) < 4.78 is 18.1. The van der Waals surface area contributed by atoms with Crippen molar-refractivity contribution >= 4 is 33.3 Å². The number of carbonyl (C=O) groups is 1. The SMILES string of the molecule is CCN(CCC(=O)OC)c1cc(F)c(Br)cc1[N+](=O)[O-]. The maximum absolute atomic E-state index is 13.6. The normalized spacial score (nSPS) is 10.2. The Hall–Kier alpha value is -1.70. The zero-order valence-corrected chi connectivity index (χ0v) is 12.6. The van der Waals surface area contributed by atoms with Gasteiger partial charge in [-0.3, -0.25) is 14.9 Å². The van der Waals surface area contributed by atoms with Crippen LogP contribution in [0.15, 0.2) is 16.6 Å². The molecule has 1 aromatic rings. The lowest BCUT2D eigenvalue weighted by Crippen LogP contribution is -2.27. The second-order valence-corrected chi connectivity index (χ2v) is 4.77. The molecule has 6 nitrogen and oxygen atoms in total. The van der Waals surface area contributed by atoms with Crippen LogP contribution in [0.25, 0.3) is 0 Å². The Morgan fingerprint density at radius 3 is 2.70 bits per heavy atom. The lowest BCUT2D eigenvalue weighted by molar-refractivity contribution is -0.384. The summed E-state index contributed by atoms with van der Waals surface area (Å²) >= 11 is 2.92. The Balaban J connectivity index is 3.10. The van der Waals surface area contributed by atoms with Gasteiger partial charge in [0.05, 0.1) is 22.9 Å². The highest BCUT2D eigenvalue weighted by Crippen LogP contribution is 2.33. The monoisotopic (exact) mass is 348 g/mol. The molecule has 110 valence electrons. The minimum atomic E-state index is -0.595. The van der Waals surface area contributed by atoms with E-state index in [1.807, 2.05) is 0 Å². The second kappa shape index (κ2) is 7.18. The number of carbonyl (C=O) groups excluding carboxylic acids is 1. The lowest BCUT2D eigenvalue weighted by atomic mass is 10.2. The Bertz CT molecular complexity index is 524. The first-order chi connectivity index (χ1) is 9.40. The third-order valence-electron chi connectivity index (χ3n) is 2.75. The number of nitro benzene ring substituents is 1. The van der Waals surface area contributed by atoms with E-state index in [2.05, 4.69) is 20.7 Å². The lowest BCUT2D eigenvalue weighted by Gasteiger charge is -2.22. The summed E-state index contributed by atoms with van der Waals surface area (Å²) in [6, 6.07) is 2.20. The number of hydrogen-bond acceptors (Lipinski definition) is 5. The van der Waals surface area contributed by atoms with Gasteiger partial charge in [0.15, 0.2) is 0 Å². The zero-order valence-electron chi connectivity index (χ0n) is 11.1. The van der Waals surface area contributed by atoms with Crippen molar-refractivity contribution in [2.75, 3.05) is 25.1 Å². The smallest absolute Gasteiger partial charge is 0.307 e. The molecular formula is C12H14BrFN2O4. The fourth-order valence-corrected chi connectivity index (χ4v) is 2.03. The van der Waals surface area contributed by atoms with Gasteiger partial charge < -0.3 is 9.64 Å². The number of anilines is 1. The molecule has 0 N–H and O–H groups in total. The van der Waals surface area contributed by atoms with Gasteiger partial charge in [-0.2, -0.15) is 0 Å². The molecular weight excluding hydrogens is 335 g/mol. The molecule has 0 aliphatic carbocycles. The van der Waals surface area contributed by atoms with Gasteiger partial charge in [0.2, 0.25) is 0 Å². The first-order valence-electron chi connectivity index (χ1n) is 5.85. The fourth-order valence-electron chi connectivity index (χ4n) is 1.70. The molecule has 1 aromatic carbocycles. The average Bonchev–Trinajstić information content (AvgIpc) is 2.42. The minimum absolute atomic E-state index is 0.0250. The van der Waals surface area contributed by atoms with E-state index in [9.17, 15) is 19.3 Å². The number of ether oxygens (including phenoxy) is 1. The molecule has 0 amide bonds. The van der Waals surface area contributed by atoms with E-state index in [1.165, 1.54) is 7.11 Å². The van der Waals surface area contributed by atoms with Gasteiger partial charge in [0.1, 0.15) is 11.5 Å². The Kier molecular flexibility index (Phi) is 5.87. The number of benzene rings is 1. The van der Waals surface area contributed by atoms with Crippen molar-refractivity contribution in [1.82, 2.24) is 0 Å². The van der Waals surface area contributed by atoms with Gasteiger partial charge in [0, 0.05) is 25.2 Å². The summed E-state index contributed by atoms with van der Waals surface area (Å²) in [5.41, 5.74) is -0.0768. The summed E-state index contributed by atoms with van der Waals surface area (Å²) in [7, 11) is 1.26. The van der Waals surface area contributed by atoms with Crippen LogP contribution < -0.4 is 4.90 Å². The van der Waals surface area contributed by atoms with Crippen molar-refractivity contribution in [3.05, 3.63) is 32.5 Å². The number of halogens is 2. The Morgan fingerprint density at radius 1 is 1.55 bits per heavy atom. The molecule has 0 spiro atoms. The predicted molar refractivity (Wildman–Crippen MR) is 75.3 cm³/mol. The van der Waals surface area contributed by atoms with Crippen molar-refractivity contribution in [1.29, 1.82) is 0 Å². The molecule has 0 saturated heterocycles. The van der Waals surface area contributed by atoms with Crippen LogP contribution in [0.5, 0.6) is 0 Å². The molecule has 0 heterocycles. The predicted octanol–water partition coefficient (Wildman–Crippen LogP) is 2.89. The van der Waals surface area contributed by atoms with E-state index < -0.39 is 16.7 Å². The average molecular weight is 349 g/mol. The van der Waals surface area contributed by atoms with Crippen LogP contribution in [0.2, 0.25) is 0 Å². The molecule has 0 aromatic heterocycles. The van der Waals surface area contributed by atoms with Crippen molar-refractivity contribution in [3.8, 4) is 0 Å². The first-order valence-corrected chi connectivity index (χ1v) is 6.65. The third-order valence-corrected chi connectivity index (χ3v) is 3.36. The van der Waals surface area contributed by atoms with Crippen molar-refractivity contribution < 1.29 is 18.8 Å². The van der Waals surface area contributed by atoms with Crippen LogP contribution in [-0.2, 0) is 9.53 Å². The quantitative estimate of drug-likeness (QED) is 0.449. The minimum Gasteiger partial charge on any atom is -0.469 e. The molecule has 20 heavy (non-hydrogen) atoms. The number of rotatable bonds is 6. The van der Waals surface area contributed by atoms with Crippen LogP contribution in [-0.4, -0.2) is 31.1 Å². The number of nitrogens with zero attached hydrogens (tertiary/aromatic N) is 2. The molecule has 8 heteroatoms. The first kappa shape index (κ1) is 16.4. The van der Waals surface area contributed by atoms with Gasteiger partial charge >= 0.3 is 5.97 Å². The molecule has 0 saturated carbocycles. The van der Waals surface area contributed by atoms with Crippen molar-refractivity contribution in [2.24, 2.45) is 0 Å². The summed E-state index contributed by atoms with van der Waals surface area (Å²) in [4.78, 5) is 23.2. The Morgan fingerprint density at radius 2 is 2.20 bits per heavy atom. The molecule has 0 radical (unpaired) electrons. The van der Waals surface area contributed by atoms with Gasteiger partial charge in [-0.1, -0.05) is 0 Å². The maximum atomic E-state index is 13.6. The summed E-state index contributed by atoms with van der Waals surface area (Å²) in [6.07, 6.45) is 0.0686. The molecule has 0 fully saturated rings. The van der Waals surface area contributed by atoms with Crippen molar-refractivity contribution in [2.45, 2.75) is 13.3 Å². The fraction of sp³-hybridized carbons (Fsp3) is 0.417. The zero-order chi connectivity index (χ0) is 15.3. The van der Waals surface area contributed by atoms with Gasteiger partial charge in [-0.05, 0) is 22.9 Å². The summed E-state index contributed by atoms with van der Waals surface area (Å²) in [6.45, 7) is 2.38. The maximum Gasteiger partial charge on any atom is 0.307 e. The van der Waals surface area contributed by atoms with Gasteiger partial charge in [0.25, 0.3) is 5.69 Å². The topological polar surface area (TPSA) is 72.7 Å². The number of esters is 1. The standard InChI is InChI=1S/C12H14BrFN2O4/c1-3-15(5-4-12(17)20-2)10-7-9(14)8(13)6-11(10)16(18)19/h6-7H,3-5H2,1-2H3. The second-order valence-electron chi connectivity index (χ2n) is 3.92. The van der Waals surface area contributed by atoms with Crippen LogP contribution in [0.4, 0.5) is 15.8 Å². The Labute approximate surface area is 123 Å². The van der Waals surface area contributed by atoms with E-state index in [1.54, 1.807) is 11.8 Å². The molecule has 0 bridgehead atoms. The number of nitro groups is 1. The molecule has 1 rings (SSSR count). The highest BCUT2D eigenvalue weighted by Gasteiger charge is 2.22. The van der Waals surface area contributed by atoms with E-state index in [0.29, 0.717) is 6.54 Å². The van der Waals surface area contributed by atoms with Crippen LogP contribution in [0.3, 0.4) is 0 Å². The molecule has 0 unspecified atom stereocenters. The third kappa shape index (κ3) is 3.89. The number of hydrogen-bond donors (Lipinski definition) is 0. The summed E-state index contributed by atoms with van der Waals surface area (Å²) in [5.74, 6) is -1.02. The van der Waals surface area contributed by atoms with E-state index in [0.717, 1.165) is 12.1 Å². The highest BCUT2D eigenvalue weighted by atomic mass is 79.9. The van der Waals surface area contributed by atoms with Crippen LogP contribution >= 0.6 is 15.9 Å². The van der Waals surface area contributed by atoms with Crippen LogP contribution in [0, 0.1) is 15.9 Å². The molecule has 0 aliphatic rings. The largest absolute Gasteiger partial charge is 0.469 e. The molecule has 0 atom stereocenters. The van der Waals surface area contributed by atoms with E-state index >= 15 is 0 Å². The highest BCUT2D eigenvalue weighted by molar-refractivity contribution is 9.10. The van der Waals surface area contributed by atoms with E-state index in [4.69, 9.17) is 0 Å². The van der Waals surface area contributed by atoms with Crippen LogP contribution in [0.1, 0.15) is 13.3 Å². The van der Waals surface area contributed by atoms with E-state index in [-0.39, 0.29) is 28.8 Å². The van der Waals surface area contributed by atoms with Gasteiger partial charge in [-0.25, -0.2) is 4.39 Å². The van der Waals surface area contributed by atoms with Crippen molar-refractivity contribution in [3.63, 3.8) is 0 Å². The van der Waals surface area contributed by atoms with Gasteiger partial charge in [-0.15, -0.1) is 0 Å².